The number of anilines is 3. The first-order chi connectivity index (χ1) is 28.7. The molecule has 0 radical (unpaired) electrons. The van der Waals surface area contributed by atoms with Crippen LogP contribution in [0.1, 0.15) is 31.3 Å². The molecule has 12 rings (SSSR count). The molecule has 3 aromatic heterocycles. The summed E-state index contributed by atoms with van der Waals surface area (Å²) < 4.78 is 15.2. The van der Waals surface area contributed by atoms with Gasteiger partial charge in [0.15, 0.2) is 0 Å². The molecule has 58 heavy (non-hydrogen) atoms. The van der Waals surface area contributed by atoms with E-state index in [1.54, 1.807) is 35.8 Å². The molecule has 0 atom stereocenters. The smallest absolute Gasteiger partial charge is 0.0555 e. The zero-order chi connectivity index (χ0) is 38.2. The Hall–Kier alpha value is -5.33. The summed E-state index contributed by atoms with van der Waals surface area (Å²) in [7, 11) is 0. The first-order valence-electron chi connectivity index (χ1n) is 18.8. The molecular formula is C48H30N4S6. The fourth-order valence-corrected chi connectivity index (χ4v) is 14.6. The van der Waals surface area contributed by atoms with Crippen molar-refractivity contribution in [2.75, 3.05) is 4.90 Å². The van der Waals surface area contributed by atoms with Gasteiger partial charge in [-0.2, -0.15) is 0 Å². The Bertz CT molecular complexity index is 2880. The molecule has 278 valence electrons. The standard InChI is InChI=1S/C48H30N4S6/c1-7-19-37(28(13-1)34-25-43-46(56-49-34)31-16-4-10-22-40(31)53-43)52(38-20-8-2-14-29(38)35-26-44-47(57-50-35)32-17-5-11-23-41(32)54-44)39-21-9-3-15-30(39)36-27-45-48(58-51-36)33-18-6-12-24-42(33)55-45/h1-27,49-51H. The van der Waals surface area contributed by atoms with Gasteiger partial charge in [-0.25, -0.2) is 0 Å². The summed E-state index contributed by atoms with van der Waals surface area (Å²) in [4.78, 5) is 10.2. The number of nitrogens with zero attached hydrogens (tertiary/aromatic N) is 1. The van der Waals surface area contributed by atoms with E-state index in [0.29, 0.717) is 0 Å². The highest BCUT2D eigenvalue weighted by molar-refractivity contribution is 7.98. The number of benzene rings is 6. The third-order valence-corrected chi connectivity index (χ3v) is 17.3. The number of fused-ring (bicyclic) bond motifs is 9. The van der Waals surface area contributed by atoms with Crippen molar-refractivity contribution in [2.24, 2.45) is 0 Å². The first kappa shape index (κ1) is 34.7. The van der Waals surface area contributed by atoms with Crippen LogP contribution in [0.3, 0.4) is 0 Å². The van der Waals surface area contributed by atoms with Crippen molar-refractivity contribution < 1.29 is 0 Å². The predicted octanol–water partition coefficient (Wildman–Crippen LogP) is 15.1. The summed E-state index contributed by atoms with van der Waals surface area (Å²) >= 11 is 10.7. The predicted molar refractivity (Wildman–Crippen MR) is 257 cm³/mol. The number of hydrogen-bond acceptors (Lipinski definition) is 10. The summed E-state index contributed by atoms with van der Waals surface area (Å²) in [5.41, 5.74) is 9.89. The van der Waals surface area contributed by atoms with Crippen LogP contribution in [-0.4, -0.2) is 0 Å². The van der Waals surface area contributed by atoms with E-state index in [0.717, 1.165) is 50.8 Å². The van der Waals surface area contributed by atoms with Gasteiger partial charge >= 0.3 is 0 Å². The van der Waals surface area contributed by atoms with Gasteiger partial charge in [0, 0.05) is 61.6 Å². The van der Waals surface area contributed by atoms with Crippen molar-refractivity contribution >= 4 is 152 Å². The van der Waals surface area contributed by atoms with E-state index in [2.05, 4.69) is 183 Å². The number of hydrogen-bond donors (Lipinski definition) is 3. The van der Waals surface area contributed by atoms with Crippen LogP contribution in [0.4, 0.5) is 17.1 Å². The Morgan fingerprint density at radius 3 is 0.966 bits per heavy atom. The molecule has 3 aliphatic heterocycles. The zero-order valence-corrected chi connectivity index (χ0v) is 35.4. The van der Waals surface area contributed by atoms with Crippen LogP contribution in [-0.2, 0) is 0 Å². The van der Waals surface area contributed by atoms with Crippen LogP contribution in [0, 0.1) is 0 Å². The minimum Gasteiger partial charge on any atom is -0.325 e. The summed E-state index contributed by atoms with van der Waals surface area (Å²) in [6.45, 7) is 0. The Morgan fingerprint density at radius 1 is 0.328 bits per heavy atom. The monoisotopic (exact) mass is 854 g/mol. The third kappa shape index (κ3) is 5.73. The maximum atomic E-state index is 3.78. The van der Waals surface area contributed by atoms with Gasteiger partial charge in [-0.3, -0.25) is 0 Å². The van der Waals surface area contributed by atoms with E-state index in [4.69, 9.17) is 0 Å². The molecular weight excluding hydrogens is 825 g/mol. The van der Waals surface area contributed by atoms with Gasteiger partial charge in [0.1, 0.15) is 0 Å². The number of nitrogens with one attached hydrogen (secondary N) is 3. The molecule has 4 nitrogen and oxygen atoms in total. The van der Waals surface area contributed by atoms with Gasteiger partial charge in [-0.05, 0) is 90.5 Å². The average Bonchev–Trinajstić information content (AvgIpc) is 3.97. The van der Waals surface area contributed by atoms with Crippen LogP contribution in [0.2, 0.25) is 0 Å². The quantitative estimate of drug-likeness (QED) is 0.144. The second kappa shape index (κ2) is 14.2. The van der Waals surface area contributed by atoms with Crippen LogP contribution in [0.5, 0.6) is 0 Å². The van der Waals surface area contributed by atoms with Gasteiger partial charge < -0.3 is 19.1 Å². The molecule has 0 saturated carbocycles. The summed E-state index contributed by atoms with van der Waals surface area (Å²) in [5, 5.41) is 3.90. The lowest BCUT2D eigenvalue weighted by Crippen LogP contribution is -2.19. The maximum Gasteiger partial charge on any atom is 0.0555 e. The van der Waals surface area contributed by atoms with E-state index in [1.807, 2.05) is 34.0 Å². The lowest BCUT2D eigenvalue weighted by Gasteiger charge is -2.33. The molecule has 0 unspecified atom stereocenters. The third-order valence-electron chi connectivity index (χ3n) is 10.6. The van der Waals surface area contributed by atoms with E-state index in [1.165, 1.54) is 59.6 Å². The molecule has 6 heterocycles. The molecule has 0 bridgehead atoms. The minimum atomic E-state index is 1.08. The Kier molecular flexibility index (Phi) is 8.49. The SMILES string of the molecule is C1=C(c2ccccc2N(c2ccccc2C2=Cc3sc4ccccc4c3SN2)c2ccccc2C2=Cc3sc4ccccc4c3SN2)NSc2c1sc1ccccc21. The van der Waals surface area contributed by atoms with Gasteiger partial charge in [-0.1, -0.05) is 109 Å². The number of thiophene rings is 3. The van der Waals surface area contributed by atoms with Gasteiger partial charge in [0.05, 0.1) is 48.8 Å². The van der Waals surface area contributed by atoms with Gasteiger partial charge in [0.25, 0.3) is 0 Å². The molecule has 0 amide bonds. The highest BCUT2D eigenvalue weighted by Crippen LogP contribution is 2.51. The fraction of sp³-hybridized carbons (Fsp3) is 0. The largest absolute Gasteiger partial charge is 0.325 e. The second-order valence-corrected chi connectivity index (χ2v) is 19.7. The molecule has 6 aromatic carbocycles. The van der Waals surface area contributed by atoms with Gasteiger partial charge in [0.2, 0.25) is 0 Å². The van der Waals surface area contributed by atoms with Crippen molar-refractivity contribution in [3.05, 3.63) is 177 Å². The molecule has 3 N–H and O–H groups in total. The first-order valence-corrected chi connectivity index (χ1v) is 23.7. The van der Waals surface area contributed by atoms with E-state index < -0.39 is 0 Å². The van der Waals surface area contributed by atoms with E-state index in [-0.39, 0.29) is 0 Å². The zero-order valence-electron chi connectivity index (χ0n) is 30.5. The van der Waals surface area contributed by atoms with Crippen LogP contribution in [0.15, 0.2) is 160 Å². The fourth-order valence-electron chi connectivity index (χ4n) is 8.00. The minimum absolute atomic E-state index is 1.08. The molecule has 0 fully saturated rings. The van der Waals surface area contributed by atoms with Crippen molar-refractivity contribution in [3.63, 3.8) is 0 Å². The molecule has 3 aliphatic rings. The van der Waals surface area contributed by atoms with Crippen molar-refractivity contribution in [2.45, 2.75) is 14.7 Å². The topological polar surface area (TPSA) is 39.3 Å². The lowest BCUT2D eigenvalue weighted by molar-refractivity contribution is 1.22. The van der Waals surface area contributed by atoms with Crippen LogP contribution < -0.4 is 19.1 Å². The average molecular weight is 855 g/mol. The normalized spacial score (nSPS) is 14.4. The molecule has 10 heteroatoms. The van der Waals surface area contributed by atoms with Crippen molar-refractivity contribution in [1.82, 2.24) is 14.2 Å². The van der Waals surface area contributed by atoms with Crippen molar-refractivity contribution in [1.29, 1.82) is 0 Å². The van der Waals surface area contributed by atoms with Crippen LogP contribution >= 0.6 is 69.9 Å². The Labute approximate surface area is 360 Å². The highest BCUT2D eigenvalue weighted by Gasteiger charge is 2.29. The molecule has 0 saturated heterocycles. The van der Waals surface area contributed by atoms with Crippen LogP contribution in [0.25, 0.3) is 65.6 Å². The molecule has 0 spiro atoms. The Morgan fingerprint density at radius 2 is 0.621 bits per heavy atom. The Balaban J connectivity index is 1.06. The number of rotatable bonds is 6. The molecule has 9 aromatic rings. The lowest BCUT2D eigenvalue weighted by atomic mass is 10.0. The summed E-state index contributed by atoms with van der Waals surface area (Å²) in [6.07, 6.45) is 7.00. The molecule has 0 aliphatic carbocycles. The van der Waals surface area contributed by atoms with E-state index >= 15 is 0 Å². The van der Waals surface area contributed by atoms with Gasteiger partial charge in [-0.15, -0.1) is 34.0 Å². The highest BCUT2D eigenvalue weighted by atomic mass is 32.2. The summed E-state index contributed by atoms with van der Waals surface area (Å²) in [5.74, 6) is 0. The maximum absolute atomic E-state index is 3.78. The number of para-hydroxylation sites is 3. The summed E-state index contributed by atoms with van der Waals surface area (Å²) in [6, 6.07) is 52.6. The van der Waals surface area contributed by atoms with E-state index in [9.17, 15) is 0 Å². The second-order valence-electron chi connectivity index (χ2n) is 14.0. The van der Waals surface area contributed by atoms with Crippen molar-refractivity contribution in [3.8, 4) is 0 Å².